The lowest BCUT2D eigenvalue weighted by atomic mass is 10.1. The van der Waals surface area contributed by atoms with Gasteiger partial charge in [0.25, 0.3) is 5.17 Å². The van der Waals surface area contributed by atoms with Crippen molar-refractivity contribution in [1.82, 2.24) is 14.3 Å². The summed E-state index contributed by atoms with van der Waals surface area (Å²) in [4.78, 5) is 5.96. The van der Waals surface area contributed by atoms with Gasteiger partial charge in [0.05, 0.1) is 4.70 Å². The second-order valence-corrected chi connectivity index (χ2v) is 5.84. The lowest BCUT2D eigenvalue weighted by Gasteiger charge is -2.17. The SMILES string of the molecule is CN(C)C(=S)Oc1ccc2cnsc2c1-c1cccnc1. The monoisotopic (exact) mass is 315 g/mol. The minimum absolute atomic E-state index is 0.420. The van der Waals surface area contributed by atoms with Crippen LogP contribution in [0.1, 0.15) is 0 Å². The smallest absolute Gasteiger partial charge is 0.264 e. The Bertz CT molecular complexity index is 784. The average molecular weight is 315 g/mol. The maximum atomic E-state index is 5.85. The normalized spacial score (nSPS) is 10.6. The van der Waals surface area contributed by atoms with E-state index in [1.165, 1.54) is 11.5 Å². The zero-order valence-corrected chi connectivity index (χ0v) is 13.2. The molecule has 6 heteroatoms. The van der Waals surface area contributed by atoms with Crippen molar-refractivity contribution in [2.75, 3.05) is 14.1 Å². The van der Waals surface area contributed by atoms with Gasteiger partial charge in [0.1, 0.15) is 5.75 Å². The molecular formula is C15H13N3OS2. The average Bonchev–Trinajstić information content (AvgIpc) is 2.96. The van der Waals surface area contributed by atoms with E-state index in [9.17, 15) is 0 Å². The van der Waals surface area contributed by atoms with Crippen LogP contribution in [0.5, 0.6) is 5.75 Å². The molecule has 0 bridgehead atoms. The first-order valence-electron chi connectivity index (χ1n) is 6.34. The molecule has 0 saturated carbocycles. The van der Waals surface area contributed by atoms with Gasteiger partial charge in [0.15, 0.2) is 0 Å². The topological polar surface area (TPSA) is 38.2 Å². The van der Waals surface area contributed by atoms with E-state index >= 15 is 0 Å². The minimum Gasteiger partial charge on any atom is -0.431 e. The van der Waals surface area contributed by atoms with Crippen molar-refractivity contribution in [1.29, 1.82) is 0 Å². The Morgan fingerprint density at radius 2 is 2.10 bits per heavy atom. The molecule has 0 aliphatic rings. The lowest BCUT2D eigenvalue weighted by molar-refractivity contribution is 0.451. The van der Waals surface area contributed by atoms with Crippen LogP contribution in [0.3, 0.4) is 0 Å². The molecule has 0 amide bonds. The summed E-state index contributed by atoms with van der Waals surface area (Å²) < 4.78 is 11.2. The van der Waals surface area contributed by atoms with Gasteiger partial charge in [-0.05, 0) is 41.9 Å². The Hall–Kier alpha value is -2.05. The third-order valence-corrected chi connectivity index (χ3v) is 4.28. The number of fused-ring (bicyclic) bond motifs is 1. The second kappa shape index (κ2) is 5.75. The Labute approximate surface area is 132 Å². The van der Waals surface area contributed by atoms with Crippen molar-refractivity contribution >= 4 is 39.0 Å². The van der Waals surface area contributed by atoms with Gasteiger partial charge in [-0.3, -0.25) is 4.98 Å². The van der Waals surface area contributed by atoms with Crippen LogP contribution >= 0.6 is 23.8 Å². The summed E-state index contributed by atoms with van der Waals surface area (Å²) in [5.41, 5.74) is 1.97. The Morgan fingerprint density at radius 1 is 1.24 bits per heavy atom. The van der Waals surface area contributed by atoms with Gasteiger partial charge in [0, 0.05) is 49.2 Å². The summed E-state index contributed by atoms with van der Waals surface area (Å²) >= 11 is 6.69. The molecule has 3 rings (SSSR count). The number of aromatic nitrogens is 2. The maximum absolute atomic E-state index is 5.85. The van der Waals surface area contributed by atoms with E-state index in [1.807, 2.05) is 50.8 Å². The molecule has 0 radical (unpaired) electrons. The fourth-order valence-corrected chi connectivity index (χ4v) is 2.87. The molecule has 3 aromatic rings. The quantitative estimate of drug-likeness (QED) is 0.676. The molecule has 21 heavy (non-hydrogen) atoms. The number of nitrogens with zero attached hydrogens (tertiary/aromatic N) is 3. The molecule has 0 aliphatic heterocycles. The van der Waals surface area contributed by atoms with Crippen LogP contribution in [0.4, 0.5) is 0 Å². The third-order valence-electron chi connectivity index (χ3n) is 3.00. The van der Waals surface area contributed by atoms with E-state index in [-0.39, 0.29) is 0 Å². The van der Waals surface area contributed by atoms with Crippen molar-refractivity contribution in [3.05, 3.63) is 42.9 Å². The zero-order valence-electron chi connectivity index (χ0n) is 11.6. The highest BCUT2D eigenvalue weighted by molar-refractivity contribution is 7.80. The van der Waals surface area contributed by atoms with Gasteiger partial charge in [-0.15, -0.1) is 0 Å². The zero-order chi connectivity index (χ0) is 14.8. The molecule has 0 unspecified atom stereocenters. The standard InChI is InChI=1S/C15H13N3OS2/c1-18(2)15(20)19-12-6-5-11-9-17-21-14(11)13(12)10-4-3-7-16-8-10/h3-9H,1-2H3. The van der Waals surface area contributed by atoms with Crippen LogP contribution in [-0.4, -0.2) is 33.5 Å². The van der Waals surface area contributed by atoms with Gasteiger partial charge < -0.3 is 9.64 Å². The molecule has 0 fully saturated rings. The Morgan fingerprint density at radius 3 is 2.81 bits per heavy atom. The molecular weight excluding hydrogens is 302 g/mol. The van der Waals surface area contributed by atoms with Crippen LogP contribution in [0, 0.1) is 0 Å². The lowest BCUT2D eigenvalue weighted by Crippen LogP contribution is -2.25. The van der Waals surface area contributed by atoms with Crippen molar-refractivity contribution < 1.29 is 4.74 Å². The van der Waals surface area contributed by atoms with Gasteiger partial charge >= 0.3 is 0 Å². The molecule has 106 valence electrons. The van der Waals surface area contributed by atoms with Crippen LogP contribution in [0.15, 0.2) is 42.9 Å². The van der Waals surface area contributed by atoms with Crippen LogP contribution in [0.2, 0.25) is 0 Å². The van der Waals surface area contributed by atoms with Crippen molar-refractivity contribution in [3.8, 4) is 16.9 Å². The third kappa shape index (κ3) is 2.72. The second-order valence-electron chi connectivity index (χ2n) is 4.69. The summed E-state index contributed by atoms with van der Waals surface area (Å²) in [5.74, 6) is 0.721. The molecule has 0 spiro atoms. The number of rotatable bonds is 2. The molecule has 1 aromatic carbocycles. The van der Waals surface area contributed by atoms with Gasteiger partial charge in [-0.1, -0.05) is 6.07 Å². The van der Waals surface area contributed by atoms with E-state index in [1.54, 1.807) is 11.1 Å². The molecule has 0 aliphatic carbocycles. The number of thiocarbonyl (C=S) groups is 1. The van der Waals surface area contributed by atoms with Gasteiger partial charge in [-0.25, -0.2) is 0 Å². The molecule has 0 atom stereocenters. The van der Waals surface area contributed by atoms with E-state index in [2.05, 4.69) is 9.36 Å². The number of benzene rings is 1. The first-order chi connectivity index (χ1) is 10.2. The highest BCUT2D eigenvalue weighted by Crippen LogP contribution is 2.38. The van der Waals surface area contributed by atoms with E-state index in [0.29, 0.717) is 5.17 Å². The predicted octanol–water partition coefficient (Wildman–Crippen LogP) is 3.58. The number of pyridine rings is 1. The summed E-state index contributed by atoms with van der Waals surface area (Å²) in [6, 6.07) is 7.83. The summed E-state index contributed by atoms with van der Waals surface area (Å²) in [5, 5.41) is 1.51. The van der Waals surface area contributed by atoms with Crippen molar-refractivity contribution in [2.24, 2.45) is 0 Å². The maximum Gasteiger partial charge on any atom is 0.264 e. The highest BCUT2D eigenvalue weighted by Gasteiger charge is 2.15. The number of ether oxygens (including phenoxy) is 1. The highest BCUT2D eigenvalue weighted by atomic mass is 32.1. The Kier molecular flexibility index (Phi) is 3.81. The molecule has 4 nitrogen and oxygen atoms in total. The van der Waals surface area contributed by atoms with Crippen LogP contribution in [0.25, 0.3) is 21.2 Å². The number of hydrogen-bond donors (Lipinski definition) is 0. The van der Waals surface area contributed by atoms with Crippen LogP contribution in [-0.2, 0) is 0 Å². The minimum atomic E-state index is 0.420. The summed E-state index contributed by atoms with van der Waals surface area (Å²) in [6.45, 7) is 0. The summed E-state index contributed by atoms with van der Waals surface area (Å²) in [6.07, 6.45) is 5.43. The molecule has 2 heterocycles. The summed E-state index contributed by atoms with van der Waals surface area (Å²) in [7, 11) is 3.72. The van der Waals surface area contributed by atoms with Gasteiger partial charge in [0.2, 0.25) is 0 Å². The fraction of sp³-hybridized carbons (Fsp3) is 0.133. The largest absolute Gasteiger partial charge is 0.431 e. The number of hydrogen-bond acceptors (Lipinski definition) is 5. The first kappa shape index (κ1) is 13.9. The van der Waals surface area contributed by atoms with Crippen LogP contribution < -0.4 is 4.74 Å². The fourth-order valence-electron chi connectivity index (χ4n) is 1.97. The molecule has 2 aromatic heterocycles. The predicted molar refractivity (Wildman–Crippen MR) is 89.8 cm³/mol. The molecule has 0 N–H and O–H groups in total. The van der Waals surface area contributed by atoms with Gasteiger partial charge in [-0.2, -0.15) is 4.37 Å². The van der Waals surface area contributed by atoms with E-state index < -0.39 is 0 Å². The van der Waals surface area contributed by atoms with Crippen molar-refractivity contribution in [3.63, 3.8) is 0 Å². The Balaban J connectivity index is 2.18. The van der Waals surface area contributed by atoms with E-state index in [4.69, 9.17) is 17.0 Å². The molecule has 0 saturated heterocycles. The van der Waals surface area contributed by atoms with E-state index in [0.717, 1.165) is 27.0 Å². The van der Waals surface area contributed by atoms with Crippen molar-refractivity contribution in [2.45, 2.75) is 0 Å². The first-order valence-corrected chi connectivity index (χ1v) is 7.52.